The Hall–Kier alpha value is -2.36. The molecule has 1 saturated heterocycles. The molecule has 118 valence electrons. The number of hydrogen-bond acceptors (Lipinski definition) is 3. The number of carbonyl (C=O) groups excluding carboxylic acids is 2. The van der Waals surface area contributed by atoms with Crippen LogP contribution >= 0.6 is 0 Å². The van der Waals surface area contributed by atoms with Gasteiger partial charge in [0, 0.05) is 18.4 Å². The first kappa shape index (κ1) is 14.2. The van der Waals surface area contributed by atoms with Crippen LogP contribution in [0.5, 0.6) is 0 Å². The Balaban J connectivity index is 1.73. The Morgan fingerprint density at radius 2 is 2.00 bits per heavy atom. The van der Waals surface area contributed by atoms with Gasteiger partial charge in [-0.2, -0.15) is 0 Å². The van der Waals surface area contributed by atoms with Crippen LogP contribution in [0.15, 0.2) is 30.3 Å². The van der Waals surface area contributed by atoms with E-state index in [0.29, 0.717) is 13.2 Å². The Morgan fingerprint density at radius 1 is 1.22 bits per heavy atom. The maximum absolute atomic E-state index is 12.4. The number of esters is 1. The molecule has 0 spiro atoms. The molecule has 4 rings (SSSR count). The molecule has 1 amide bonds. The number of nitrogens with zero attached hydrogens (tertiary/aromatic N) is 1. The average Bonchev–Trinajstić information content (AvgIpc) is 3.14. The van der Waals surface area contributed by atoms with Gasteiger partial charge in [-0.1, -0.05) is 24.3 Å². The Labute approximate surface area is 135 Å². The van der Waals surface area contributed by atoms with Gasteiger partial charge in [-0.15, -0.1) is 0 Å². The molecular formula is C19H19NO3. The fraction of sp³-hybridized carbons (Fsp3) is 0.368. The van der Waals surface area contributed by atoms with Crippen LogP contribution in [0.3, 0.4) is 0 Å². The number of amides is 1. The van der Waals surface area contributed by atoms with Crippen molar-refractivity contribution in [2.24, 2.45) is 5.92 Å². The first-order valence-electron chi connectivity index (χ1n) is 8.19. The highest BCUT2D eigenvalue weighted by molar-refractivity contribution is 6.08. The Morgan fingerprint density at radius 3 is 2.78 bits per heavy atom. The molecule has 1 heterocycles. The zero-order chi connectivity index (χ0) is 16.0. The van der Waals surface area contributed by atoms with Crippen LogP contribution in [-0.2, 0) is 27.2 Å². The molecule has 0 unspecified atom stereocenters. The second kappa shape index (κ2) is 5.37. The molecule has 0 bridgehead atoms. The van der Waals surface area contributed by atoms with Gasteiger partial charge in [0.25, 0.3) is 0 Å². The molecule has 2 aliphatic rings. The highest BCUT2D eigenvalue weighted by atomic mass is 16.5. The standard InChI is InChI=1S/C19H19NO3/c1-2-23-19(22)14-10-17(21)20(11-14)16-9-8-13-7-6-12-4-3-5-15(16)18(12)13/h3-5,8-9,14H,2,6-7,10-11H2,1H3/t14-/m0/s1. The summed E-state index contributed by atoms with van der Waals surface area (Å²) in [4.78, 5) is 26.1. The van der Waals surface area contributed by atoms with Gasteiger partial charge in [0.2, 0.25) is 5.91 Å². The fourth-order valence-corrected chi connectivity index (χ4v) is 3.83. The zero-order valence-electron chi connectivity index (χ0n) is 13.2. The van der Waals surface area contributed by atoms with Crippen molar-refractivity contribution in [1.82, 2.24) is 0 Å². The van der Waals surface area contributed by atoms with Crippen LogP contribution < -0.4 is 4.90 Å². The number of aryl methyl sites for hydroxylation is 2. The van der Waals surface area contributed by atoms with Crippen molar-refractivity contribution in [2.75, 3.05) is 18.1 Å². The van der Waals surface area contributed by atoms with E-state index in [0.717, 1.165) is 23.9 Å². The topological polar surface area (TPSA) is 46.6 Å². The van der Waals surface area contributed by atoms with E-state index >= 15 is 0 Å². The minimum atomic E-state index is -0.356. The second-order valence-electron chi connectivity index (χ2n) is 6.24. The van der Waals surface area contributed by atoms with E-state index in [-0.39, 0.29) is 24.2 Å². The van der Waals surface area contributed by atoms with Crippen molar-refractivity contribution in [3.8, 4) is 0 Å². The summed E-state index contributed by atoms with van der Waals surface area (Å²) in [6, 6.07) is 10.4. The van der Waals surface area contributed by atoms with Crippen LogP contribution in [0.25, 0.3) is 10.8 Å². The van der Waals surface area contributed by atoms with Crippen molar-refractivity contribution < 1.29 is 14.3 Å². The van der Waals surface area contributed by atoms with Crippen LogP contribution in [0, 0.1) is 5.92 Å². The van der Waals surface area contributed by atoms with Crippen LogP contribution in [-0.4, -0.2) is 25.0 Å². The number of anilines is 1. The zero-order valence-corrected chi connectivity index (χ0v) is 13.2. The number of benzene rings is 2. The summed E-state index contributed by atoms with van der Waals surface area (Å²) >= 11 is 0. The largest absolute Gasteiger partial charge is 0.466 e. The number of rotatable bonds is 3. The quantitative estimate of drug-likeness (QED) is 0.819. The lowest BCUT2D eigenvalue weighted by molar-refractivity contribution is -0.147. The van der Waals surface area contributed by atoms with Crippen LogP contribution in [0.2, 0.25) is 0 Å². The van der Waals surface area contributed by atoms with E-state index in [9.17, 15) is 9.59 Å². The van der Waals surface area contributed by atoms with Crippen LogP contribution in [0.4, 0.5) is 5.69 Å². The average molecular weight is 309 g/mol. The highest BCUT2D eigenvalue weighted by Crippen LogP contribution is 2.38. The molecule has 4 heteroatoms. The number of ether oxygens (including phenoxy) is 1. The summed E-state index contributed by atoms with van der Waals surface area (Å²) in [5.74, 6) is -0.624. The smallest absolute Gasteiger partial charge is 0.311 e. The van der Waals surface area contributed by atoms with Gasteiger partial charge in [-0.25, -0.2) is 0 Å². The molecule has 4 nitrogen and oxygen atoms in total. The van der Waals surface area contributed by atoms with Crippen molar-refractivity contribution in [3.05, 3.63) is 41.5 Å². The second-order valence-corrected chi connectivity index (χ2v) is 6.24. The maximum atomic E-state index is 12.4. The molecule has 0 N–H and O–H groups in total. The Bertz CT molecular complexity index is 801. The Kier molecular flexibility index (Phi) is 3.33. The van der Waals surface area contributed by atoms with E-state index in [1.165, 1.54) is 16.5 Å². The van der Waals surface area contributed by atoms with Gasteiger partial charge in [0.05, 0.1) is 18.2 Å². The maximum Gasteiger partial charge on any atom is 0.311 e. The minimum absolute atomic E-state index is 0.00162. The van der Waals surface area contributed by atoms with Gasteiger partial charge >= 0.3 is 5.97 Å². The van der Waals surface area contributed by atoms with E-state index in [1.807, 2.05) is 6.07 Å². The predicted octanol–water partition coefficient (Wildman–Crippen LogP) is 2.85. The molecule has 2 aromatic carbocycles. The third-order valence-electron chi connectivity index (χ3n) is 4.89. The van der Waals surface area contributed by atoms with Gasteiger partial charge in [-0.05, 0) is 42.3 Å². The molecule has 0 saturated carbocycles. The fourth-order valence-electron chi connectivity index (χ4n) is 3.83. The lowest BCUT2D eigenvalue weighted by atomic mass is 10.0. The minimum Gasteiger partial charge on any atom is -0.466 e. The van der Waals surface area contributed by atoms with Crippen molar-refractivity contribution in [1.29, 1.82) is 0 Å². The van der Waals surface area contributed by atoms with E-state index < -0.39 is 0 Å². The third-order valence-corrected chi connectivity index (χ3v) is 4.89. The summed E-state index contributed by atoms with van der Waals surface area (Å²) in [7, 11) is 0. The molecule has 1 atom stereocenters. The lowest BCUT2D eigenvalue weighted by Crippen LogP contribution is -2.26. The first-order chi connectivity index (χ1) is 11.2. The van der Waals surface area contributed by atoms with Crippen molar-refractivity contribution in [2.45, 2.75) is 26.2 Å². The molecule has 1 fully saturated rings. The summed E-state index contributed by atoms with van der Waals surface area (Å²) < 4.78 is 5.08. The van der Waals surface area contributed by atoms with E-state index in [4.69, 9.17) is 4.74 Å². The SMILES string of the molecule is CCOC(=O)[C@H]1CC(=O)N(c2ccc3c4c(cccc24)CC3)C1. The number of carbonyl (C=O) groups is 2. The predicted molar refractivity (Wildman–Crippen MR) is 88.4 cm³/mol. The van der Waals surface area contributed by atoms with Gasteiger partial charge in [-0.3, -0.25) is 9.59 Å². The lowest BCUT2D eigenvalue weighted by Gasteiger charge is -2.19. The normalized spacial score (nSPS) is 19.6. The van der Waals surface area contributed by atoms with E-state index in [2.05, 4.69) is 24.3 Å². The van der Waals surface area contributed by atoms with Crippen molar-refractivity contribution in [3.63, 3.8) is 0 Å². The summed E-state index contributed by atoms with van der Waals surface area (Å²) in [5.41, 5.74) is 3.63. The summed E-state index contributed by atoms with van der Waals surface area (Å²) in [5, 5.41) is 2.41. The summed E-state index contributed by atoms with van der Waals surface area (Å²) in [6.45, 7) is 2.55. The summed E-state index contributed by atoms with van der Waals surface area (Å²) in [6.07, 6.45) is 2.37. The molecule has 1 aliphatic heterocycles. The van der Waals surface area contributed by atoms with Crippen LogP contribution in [0.1, 0.15) is 24.5 Å². The number of hydrogen-bond donors (Lipinski definition) is 0. The van der Waals surface area contributed by atoms with Crippen molar-refractivity contribution >= 4 is 28.3 Å². The van der Waals surface area contributed by atoms with Gasteiger partial charge < -0.3 is 9.64 Å². The van der Waals surface area contributed by atoms with E-state index in [1.54, 1.807) is 11.8 Å². The molecular weight excluding hydrogens is 290 g/mol. The monoisotopic (exact) mass is 309 g/mol. The molecule has 2 aromatic rings. The molecule has 1 aliphatic carbocycles. The highest BCUT2D eigenvalue weighted by Gasteiger charge is 2.37. The molecule has 23 heavy (non-hydrogen) atoms. The molecule has 0 radical (unpaired) electrons. The van der Waals surface area contributed by atoms with Gasteiger partial charge in [0.1, 0.15) is 0 Å². The molecule has 0 aromatic heterocycles. The first-order valence-corrected chi connectivity index (χ1v) is 8.19. The van der Waals surface area contributed by atoms with Gasteiger partial charge in [0.15, 0.2) is 0 Å². The third kappa shape index (κ3) is 2.21.